The van der Waals surface area contributed by atoms with E-state index in [1.807, 2.05) is 6.07 Å². The molecule has 2 nitrogen and oxygen atoms in total. The first-order valence-electron chi connectivity index (χ1n) is 3.57. The highest BCUT2D eigenvalue weighted by atomic mass is 32.2. The predicted octanol–water partition coefficient (Wildman–Crippen LogP) is 2.77. The predicted molar refractivity (Wildman–Crippen MR) is 55.5 cm³/mol. The fraction of sp³-hybridized carbons (Fsp3) is 0. The van der Waals surface area contributed by atoms with E-state index in [2.05, 4.69) is 12.6 Å². The van der Waals surface area contributed by atoms with Crippen LogP contribution in [0.15, 0.2) is 22.4 Å². The molecule has 13 heavy (non-hydrogen) atoms. The number of fused-ring (bicyclic) bond motifs is 1. The van der Waals surface area contributed by atoms with Crippen LogP contribution in [-0.2, 0) is 0 Å². The van der Waals surface area contributed by atoms with Crippen LogP contribution in [0.5, 0.6) is 5.75 Å². The number of phenols is 1. The summed E-state index contributed by atoms with van der Waals surface area (Å²) in [5.41, 5.74) is 0.328. The van der Waals surface area contributed by atoms with Crippen molar-refractivity contribution in [1.29, 1.82) is 5.26 Å². The summed E-state index contributed by atoms with van der Waals surface area (Å²) in [4.78, 5) is 0. The van der Waals surface area contributed by atoms with Gasteiger partial charge in [-0.3, -0.25) is 0 Å². The number of hydrogen-bond acceptors (Lipinski definition) is 4. The Kier molecular flexibility index (Phi) is 1.91. The Morgan fingerprint density at radius 3 is 2.92 bits per heavy atom. The molecule has 0 aliphatic rings. The maximum absolute atomic E-state index is 9.37. The van der Waals surface area contributed by atoms with Gasteiger partial charge in [0, 0.05) is 10.1 Å². The summed E-state index contributed by atoms with van der Waals surface area (Å²) in [6.07, 6.45) is 0. The number of nitriles is 1. The monoisotopic (exact) mass is 207 g/mol. The van der Waals surface area contributed by atoms with Crippen LogP contribution in [0.2, 0.25) is 0 Å². The van der Waals surface area contributed by atoms with Crippen molar-refractivity contribution in [2.45, 2.75) is 4.21 Å². The number of thiol groups is 1. The summed E-state index contributed by atoms with van der Waals surface area (Å²) in [6.45, 7) is 0. The van der Waals surface area contributed by atoms with Crippen LogP contribution < -0.4 is 0 Å². The van der Waals surface area contributed by atoms with Gasteiger partial charge in [0.2, 0.25) is 0 Å². The maximum Gasteiger partial charge on any atom is 0.134 e. The minimum absolute atomic E-state index is 0.0288. The molecule has 4 heteroatoms. The van der Waals surface area contributed by atoms with E-state index in [1.54, 1.807) is 12.1 Å². The lowest BCUT2D eigenvalue weighted by Gasteiger charge is -1.95. The van der Waals surface area contributed by atoms with Crippen LogP contribution in [0, 0.1) is 11.3 Å². The van der Waals surface area contributed by atoms with Crippen LogP contribution in [-0.4, -0.2) is 5.11 Å². The van der Waals surface area contributed by atoms with E-state index in [9.17, 15) is 5.11 Å². The van der Waals surface area contributed by atoms with Crippen molar-refractivity contribution in [2.75, 3.05) is 0 Å². The Hall–Kier alpha value is -1.18. The molecule has 64 valence electrons. The second kappa shape index (κ2) is 2.95. The van der Waals surface area contributed by atoms with Crippen molar-refractivity contribution in [1.82, 2.24) is 0 Å². The highest BCUT2D eigenvalue weighted by Gasteiger charge is 2.08. The number of phenolic OH excluding ortho intramolecular Hbond substituents is 1. The summed E-state index contributed by atoms with van der Waals surface area (Å²) in [7, 11) is 0. The molecule has 0 aliphatic carbocycles. The van der Waals surface area contributed by atoms with Crippen molar-refractivity contribution in [2.24, 2.45) is 0 Å². The number of aromatic hydroxyl groups is 1. The normalized spacial score (nSPS) is 10.2. The molecule has 0 saturated heterocycles. The summed E-state index contributed by atoms with van der Waals surface area (Å²) in [5, 5.41) is 18.9. The number of thiophene rings is 1. The summed E-state index contributed by atoms with van der Waals surface area (Å²) in [5.74, 6) is 0.0288. The van der Waals surface area contributed by atoms with Crippen molar-refractivity contribution >= 4 is 34.1 Å². The molecular weight excluding hydrogens is 202 g/mol. The maximum atomic E-state index is 9.37. The molecule has 0 radical (unpaired) electrons. The lowest BCUT2D eigenvalue weighted by atomic mass is 10.1. The molecular formula is C9H5NOS2. The van der Waals surface area contributed by atoms with E-state index in [0.29, 0.717) is 5.56 Å². The zero-order valence-corrected chi connectivity index (χ0v) is 8.19. The van der Waals surface area contributed by atoms with Gasteiger partial charge in [0.25, 0.3) is 0 Å². The van der Waals surface area contributed by atoms with Gasteiger partial charge in [-0.25, -0.2) is 0 Å². The van der Waals surface area contributed by atoms with Crippen molar-refractivity contribution in [3.63, 3.8) is 0 Å². The lowest BCUT2D eigenvalue weighted by Crippen LogP contribution is -1.75. The third-order valence-corrected chi connectivity index (χ3v) is 3.08. The van der Waals surface area contributed by atoms with Crippen molar-refractivity contribution < 1.29 is 5.11 Å². The van der Waals surface area contributed by atoms with E-state index >= 15 is 0 Å². The van der Waals surface area contributed by atoms with Crippen LogP contribution in [0.3, 0.4) is 0 Å². The van der Waals surface area contributed by atoms with E-state index < -0.39 is 0 Å². The molecule has 0 bridgehead atoms. The van der Waals surface area contributed by atoms with Crippen molar-refractivity contribution in [3.8, 4) is 11.8 Å². The Morgan fingerprint density at radius 1 is 1.46 bits per heavy atom. The second-order valence-corrected chi connectivity index (χ2v) is 4.44. The summed E-state index contributed by atoms with van der Waals surface area (Å²) < 4.78 is 1.82. The van der Waals surface area contributed by atoms with Gasteiger partial charge in [-0.15, -0.1) is 24.0 Å². The topological polar surface area (TPSA) is 44.0 Å². The minimum atomic E-state index is 0.0288. The average Bonchev–Trinajstić information content (AvgIpc) is 2.45. The van der Waals surface area contributed by atoms with Gasteiger partial charge in [0.05, 0.1) is 4.21 Å². The third-order valence-electron chi connectivity index (χ3n) is 1.78. The van der Waals surface area contributed by atoms with Gasteiger partial charge in [-0.1, -0.05) is 0 Å². The molecule has 2 rings (SSSR count). The van der Waals surface area contributed by atoms with Gasteiger partial charge >= 0.3 is 0 Å². The fourth-order valence-electron chi connectivity index (χ4n) is 1.20. The number of benzene rings is 1. The first-order valence-corrected chi connectivity index (χ1v) is 4.83. The van der Waals surface area contributed by atoms with E-state index in [0.717, 1.165) is 14.3 Å². The van der Waals surface area contributed by atoms with Gasteiger partial charge in [-0.05, 0) is 18.2 Å². The molecule has 2 aromatic rings. The SMILES string of the molecule is N#Cc1c(O)ccc2sc(S)cc12. The molecule has 0 spiro atoms. The van der Waals surface area contributed by atoms with Gasteiger partial charge < -0.3 is 5.11 Å². The Balaban J connectivity index is 2.93. The molecule has 1 N–H and O–H groups in total. The molecule has 0 unspecified atom stereocenters. The third kappa shape index (κ3) is 1.26. The zero-order chi connectivity index (χ0) is 9.42. The molecule has 0 saturated carbocycles. The first kappa shape index (κ1) is 8.42. The van der Waals surface area contributed by atoms with Crippen LogP contribution in [0.4, 0.5) is 0 Å². The number of rotatable bonds is 0. The summed E-state index contributed by atoms with van der Waals surface area (Å²) in [6, 6.07) is 7.09. The quantitative estimate of drug-likeness (QED) is 0.652. The molecule has 0 fully saturated rings. The molecule has 0 aliphatic heterocycles. The number of hydrogen-bond donors (Lipinski definition) is 2. The minimum Gasteiger partial charge on any atom is -0.507 e. The summed E-state index contributed by atoms with van der Waals surface area (Å²) >= 11 is 5.68. The van der Waals surface area contributed by atoms with Crippen LogP contribution in [0.25, 0.3) is 10.1 Å². The molecule has 0 amide bonds. The standard InChI is InChI=1S/C9H5NOS2/c10-4-6-5-3-9(12)13-8(5)2-1-7(6)11/h1-3,11-12H. The van der Waals surface area contributed by atoms with Gasteiger partial charge in [0.15, 0.2) is 0 Å². The van der Waals surface area contributed by atoms with Gasteiger partial charge in [-0.2, -0.15) is 5.26 Å². The Labute approximate surface area is 84.5 Å². The lowest BCUT2D eigenvalue weighted by molar-refractivity contribution is 0.474. The molecule has 1 heterocycles. The highest BCUT2D eigenvalue weighted by Crippen LogP contribution is 2.34. The average molecular weight is 207 g/mol. The fourth-order valence-corrected chi connectivity index (χ4v) is 2.44. The van der Waals surface area contributed by atoms with Gasteiger partial charge in [0.1, 0.15) is 17.4 Å². The Bertz CT molecular complexity index is 510. The molecule has 0 atom stereocenters. The largest absolute Gasteiger partial charge is 0.507 e. The zero-order valence-electron chi connectivity index (χ0n) is 6.48. The second-order valence-electron chi connectivity index (χ2n) is 2.57. The first-order chi connectivity index (χ1) is 6.22. The Morgan fingerprint density at radius 2 is 2.23 bits per heavy atom. The smallest absolute Gasteiger partial charge is 0.134 e. The van der Waals surface area contributed by atoms with E-state index in [1.165, 1.54) is 17.4 Å². The van der Waals surface area contributed by atoms with Crippen LogP contribution >= 0.6 is 24.0 Å². The van der Waals surface area contributed by atoms with E-state index in [-0.39, 0.29) is 5.75 Å². The van der Waals surface area contributed by atoms with E-state index in [4.69, 9.17) is 5.26 Å². The van der Waals surface area contributed by atoms with Crippen molar-refractivity contribution in [3.05, 3.63) is 23.8 Å². The molecule has 1 aromatic heterocycles. The molecule has 1 aromatic carbocycles. The van der Waals surface area contributed by atoms with Crippen LogP contribution in [0.1, 0.15) is 5.56 Å². The number of nitrogens with zero attached hydrogens (tertiary/aromatic N) is 1. The highest BCUT2D eigenvalue weighted by molar-refractivity contribution is 7.83.